The largest absolute Gasteiger partial charge is 0.326 e. The van der Waals surface area contributed by atoms with Crippen molar-refractivity contribution >= 4 is 24.0 Å². The molecule has 1 aromatic rings. The number of carbonyl (C=O) groups is 1. The van der Waals surface area contributed by atoms with Gasteiger partial charge in [-0.3, -0.25) is 4.79 Å². The molecule has 4 heteroatoms. The molecule has 1 aliphatic heterocycles. The normalized spacial score (nSPS) is 16.3. The van der Waals surface area contributed by atoms with Gasteiger partial charge in [0.2, 0.25) is 5.91 Å². The molecule has 0 unspecified atom stereocenters. The summed E-state index contributed by atoms with van der Waals surface area (Å²) in [6, 6.07) is 8.41. The Kier molecular flexibility index (Phi) is 12.4. The molecular weight excluding hydrogens is 344 g/mol. The zero-order valence-electron chi connectivity index (χ0n) is 16.4. The molecule has 1 fully saturated rings. The highest BCUT2D eigenvalue weighted by atomic mass is 35.5. The highest BCUT2D eigenvalue weighted by Crippen LogP contribution is 2.16. The van der Waals surface area contributed by atoms with Gasteiger partial charge in [0, 0.05) is 12.1 Å². The first-order valence-electron chi connectivity index (χ1n) is 10.4. The van der Waals surface area contributed by atoms with Crippen LogP contribution in [0.5, 0.6) is 0 Å². The van der Waals surface area contributed by atoms with Gasteiger partial charge in [0.15, 0.2) is 0 Å². The minimum absolute atomic E-state index is 0. The summed E-state index contributed by atoms with van der Waals surface area (Å²) in [5, 5.41) is 6.34. The van der Waals surface area contributed by atoms with Crippen molar-refractivity contribution in [2.24, 2.45) is 5.92 Å². The van der Waals surface area contributed by atoms with Crippen LogP contribution in [0.15, 0.2) is 24.3 Å². The van der Waals surface area contributed by atoms with Crippen LogP contribution in [0.2, 0.25) is 0 Å². The number of benzene rings is 1. The Balaban J connectivity index is 0.00000338. The molecule has 0 aliphatic carbocycles. The third-order valence-corrected chi connectivity index (χ3v) is 5.19. The summed E-state index contributed by atoms with van der Waals surface area (Å²) in [7, 11) is 0. The van der Waals surface area contributed by atoms with Gasteiger partial charge in [-0.05, 0) is 56.0 Å². The third-order valence-electron chi connectivity index (χ3n) is 5.19. The minimum Gasteiger partial charge on any atom is -0.326 e. The number of rotatable bonds is 12. The van der Waals surface area contributed by atoms with E-state index < -0.39 is 0 Å². The summed E-state index contributed by atoms with van der Waals surface area (Å²) in [5.41, 5.74) is 2.31. The lowest BCUT2D eigenvalue weighted by Gasteiger charge is -2.10. The standard InChI is InChI=1S/C22H36N2O.ClH/c1-2-3-4-5-6-7-8-9-10-19-11-13-21(14-12-19)24-22(25)17-20-15-16-23-18-20;/h11-14,20,23H,2-10,15-18H2,1H3,(H,24,25);1H/t20-;/m0./s1. The molecule has 0 spiro atoms. The molecule has 1 aromatic carbocycles. The molecule has 2 N–H and O–H groups in total. The first-order valence-corrected chi connectivity index (χ1v) is 10.4. The topological polar surface area (TPSA) is 41.1 Å². The average molecular weight is 381 g/mol. The zero-order valence-corrected chi connectivity index (χ0v) is 17.2. The Bertz CT molecular complexity index is 483. The molecule has 1 atom stereocenters. The van der Waals surface area contributed by atoms with E-state index in [0.717, 1.165) is 31.6 Å². The van der Waals surface area contributed by atoms with Crippen molar-refractivity contribution in [2.45, 2.75) is 77.6 Å². The van der Waals surface area contributed by atoms with Gasteiger partial charge >= 0.3 is 0 Å². The number of amides is 1. The van der Waals surface area contributed by atoms with E-state index in [2.05, 4.69) is 29.7 Å². The van der Waals surface area contributed by atoms with Gasteiger partial charge in [-0.15, -0.1) is 12.4 Å². The Morgan fingerprint density at radius 3 is 2.31 bits per heavy atom. The molecule has 0 saturated carbocycles. The number of unbranched alkanes of at least 4 members (excludes halogenated alkanes) is 7. The molecule has 0 aromatic heterocycles. The van der Waals surface area contributed by atoms with Crippen LogP contribution in [-0.2, 0) is 11.2 Å². The van der Waals surface area contributed by atoms with Crippen molar-refractivity contribution in [1.82, 2.24) is 5.32 Å². The van der Waals surface area contributed by atoms with Crippen molar-refractivity contribution in [3.05, 3.63) is 29.8 Å². The Labute approximate surface area is 166 Å². The number of hydrogen-bond acceptors (Lipinski definition) is 2. The third kappa shape index (κ3) is 9.59. The van der Waals surface area contributed by atoms with E-state index in [-0.39, 0.29) is 18.3 Å². The van der Waals surface area contributed by atoms with Crippen LogP contribution in [-0.4, -0.2) is 19.0 Å². The van der Waals surface area contributed by atoms with E-state index >= 15 is 0 Å². The van der Waals surface area contributed by atoms with Gasteiger partial charge in [-0.25, -0.2) is 0 Å². The first kappa shape index (κ1) is 23.0. The SMILES string of the molecule is CCCCCCCCCCc1ccc(NC(=O)C[C@@H]2CCNC2)cc1.Cl. The van der Waals surface area contributed by atoms with E-state index in [1.54, 1.807) is 0 Å². The molecule has 26 heavy (non-hydrogen) atoms. The lowest BCUT2D eigenvalue weighted by Crippen LogP contribution is -2.18. The van der Waals surface area contributed by atoms with Crippen molar-refractivity contribution in [3.63, 3.8) is 0 Å². The fourth-order valence-electron chi connectivity index (χ4n) is 3.58. The smallest absolute Gasteiger partial charge is 0.224 e. The van der Waals surface area contributed by atoms with Crippen LogP contribution >= 0.6 is 12.4 Å². The van der Waals surface area contributed by atoms with Gasteiger partial charge in [-0.2, -0.15) is 0 Å². The molecule has 148 valence electrons. The van der Waals surface area contributed by atoms with Gasteiger partial charge in [0.1, 0.15) is 0 Å². The molecular formula is C22H37ClN2O. The number of anilines is 1. The van der Waals surface area contributed by atoms with Gasteiger partial charge in [0.25, 0.3) is 0 Å². The highest BCUT2D eigenvalue weighted by molar-refractivity contribution is 5.90. The van der Waals surface area contributed by atoms with Crippen molar-refractivity contribution < 1.29 is 4.79 Å². The van der Waals surface area contributed by atoms with E-state index in [9.17, 15) is 4.79 Å². The quantitative estimate of drug-likeness (QED) is 0.454. The molecule has 1 saturated heterocycles. The van der Waals surface area contributed by atoms with Crippen molar-refractivity contribution in [1.29, 1.82) is 0 Å². The monoisotopic (exact) mass is 380 g/mol. The summed E-state index contributed by atoms with van der Waals surface area (Å²) in [6.45, 7) is 4.29. The fourth-order valence-corrected chi connectivity index (χ4v) is 3.58. The maximum atomic E-state index is 12.1. The predicted molar refractivity (Wildman–Crippen MR) is 114 cm³/mol. The van der Waals surface area contributed by atoms with Crippen LogP contribution in [0.4, 0.5) is 5.69 Å². The molecule has 0 bridgehead atoms. The predicted octanol–water partition coefficient (Wildman–Crippen LogP) is 5.73. The molecule has 3 nitrogen and oxygen atoms in total. The minimum atomic E-state index is 0. The molecule has 1 amide bonds. The fraction of sp³-hybridized carbons (Fsp3) is 0.682. The van der Waals surface area contributed by atoms with E-state index in [0.29, 0.717) is 12.3 Å². The van der Waals surface area contributed by atoms with Crippen LogP contribution in [0.3, 0.4) is 0 Å². The Morgan fingerprint density at radius 2 is 1.69 bits per heavy atom. The van der Waals surface area contributed by atoms with E-state index in [1.807, 2.05) is 12.1 Å². The van der Waals surface area contributed by atoms with Crippen molar-refractivity contribution in [2.75, 3.05) is 18.4 Å². The summed E-state index contributed by atoms with van der Waals surface area (Å²) in [5.74, 6) is 0.644. The average Bonchev–Trinajstić information content (AvgIpc) is 3.11. The maximum absolute atomic E-state index is 12.1. The van der Waals surface area contributed by atoms with Crippen LogP contribution in [0, 0.1) is 5.92 Å². The number of hydrogen-bond donors (Lipinski definition) is 2. The lowest BCUT2D eigenvalue weighted by molar-refractivity contribution is -0.116. The van der Waals surface area contributed by atoms with Gasteiger partial charge in [-0.1, -0.05) is 64.0 Å². The summed E-state index contributed by atoms with van der Waals surface area (Å²) >= 11 is 0. The van der Waals surface area contributed by atoms with Crippen LogP contribution < -0.4 is 10.6 Å². The Morgan fingerprint density at radius 1 is 1.04 bits per heavy atom. The number of aryl methyl sites for hydroxylation is 1. The van der Waals surface area contributed by atoms with Crippen LogP contribution in [0.1, 0.15) is 76.7 Å². The second kappa shape index (κ2) is 14.1. The van der Waals surface area contributed by atoms with E-state index in [1.165, 1.54) is 56.9 Å². The maximum Gasteiger partial charge on any atom is 0.224 e. The number of nitrogens with one attached hydrogen (secondary N) is 2. The summed E-state index contributed by atoms with van der Waals surface area (Å²) in [4.78, 5) is 12.1. The Hall–Kier alpha value is -1.06. The highest BCUT2D eigenvalue weighted by Gasteiger charge is 2.17. The number of carbonyl (C=O) groups excluding carboxylic acids is 1. The number of halogens is 1. The zero-order chi connectivity index (χ0) is 17.7. The van der Waals surface area contributed by atoms with Gasteiger partial charge < -0.3 is 10.6 Å². The molecule has 1 aliphatic rings. The van der Waals surface area contributed by atoms with Gasteiger partial charge in [0.05, 0.1) is 0 Å². The van der Waals surface area contributed by atoms with E-state index in [4.69, 9.17) is 0 Å². The van der Waals surface area contributed by atoms with Crippen molar-refractivity contribution in [3.8, 4) is 0 Å². The molecule has 2 rings (SSSR count). The summed E-state index contributed by atoms with van der Waals surface area (Å²) < 4.78 is 0. The first-order chi connectivity index (χ1) is 12.3. The summed E-state index contributed by atoms with van der Waals surface area (Å²) in [6.07, 6.45) is 13.8. The second-order valence-corrected chi connectivity index (χ2v) is 7.53. The molecule has 1 heterocycles. The van der Waals surface area contributed by atoms with Crippen LogP contribution in [0.25, 0.3) is 0 Å². The molecule has 0 radical (unpaired) electrons. The lowest BCUT2D eigenvalue weighted by atomic mass is 10.0. The second-order valence-electron chi connectivity index (χ2n) is 7.53.